The molecule has 0 aliphatic carbocycles. The minimum Gasteiger partial charge on any atom is -1.00 e. The van der Waals surface area contributed by atoms with Gasteiger partial charge >= 0.3 is 29.9 Å². The van der Waals surface area contributed by atoms with Gasteiger partial charge in [0.2, 0.25) is 0 Å². The zero-order valence-corrected chi connectivity index (χ0v) is 25.8. The Hall–Kier alpha value is -2.33. The molecule has 1 heterocycles. The summed E-state index contributed by atoms with van der Waals surface area (Å²) in [5.74, 6) is 1.84. The number of nitrogens with zero attached hydrogens (tertiary/aromatic N) is 3. The maximum absolute atomic E-state index is 9.67. The van der Waals surface area contributed by atoms with Crippen LogP contribution in [0.15, 0.2) is 48.8 Å². The summed E-state index contributed by atoms with van der Waals surface area (Å²) in [5.41, 5.74) is 8.05. The van der Waals surface area contributed by atoms with Gasteiger partial charge in [-0.05, 0) is 45.9 Å². The van der Waals surface area contributed by atoms with E-state index in [2.05, 4.69) is 120 Å². The van der Waals surface area contributed by atoms with Crippen LogP contribution in [0.1, 0.15) is 108 Å². The number of imidazole rings is 1. The minimum absolute atomic E-state index is 0. The van der Waals surface area contributed by atoms with Crippen LogP contribution < -0.4 is 9.27 Å². The van der Waals surface area contributed by atoms with Gasteiger partial charge in [-0.1, -0.05) is 91.8 Å². The average molecular weight is 713 g/mol. The first-order chi connectivity index (χ1) is 16.9. The van der Waals surface area contributed by atoms with Gasteiger partial charge < -0.3 is 4.70 Å². The van der Waals surface area contributed by atoms with E-state index in [0.29, 0.717) is 23.7 Å². The summed E-state index contributed by atoms with van der Waals surface area (Å²) < 4.78 is 33.4. The summed E-state index contributed by atoms with van der Waals surface area (Å²) in [7, 11) is -3.67. The summed E-state index contributed by atoms with van der Waals surface area (Å²) in [6.45, 7) is 19.6. The normalized spacial score (nSPS) is 10.1. The van der Waals surface area contributed by atoms with E-state index in [4.69, 9.17) is 5.26 Å². The largest absolute Gasteiger partial charge is 1.00 e. The molecule has 3 nitrogen and oxygen atoms in total. The molecule has 38 heavy (non-hydrogen) atoms. The zero-order valence-electron chi connectivity index (χ0n) is 23.7. The second-order valence-electron chi connectivity index (χ2n) is 9.80. The Kier molecular flexibility index (Phi) is 18.0. The smallest absolute Gasteiger partial charge is 1.00 e. The summed E-state index contributed by atoms with van der Waals surface area (Å²) >= 11 is 0. The first-order valence-corrected chi connectivity index (χ1v) is 12.4. The molecule has 2 aromatic carbocycles. The molecule has 212 valence electrons. The molecule has 0 radical (unpaired) electrons. The van der Waals surface area contributed by atoms with Crippen molar-refractivity contribution in [3.8, 4) is 17.4 Å². The Morgan fingerprint density at radius 3 is 1.42 bits per heavy atom. The van der Waals surface area contributed by atoms with Crippen molar-refractivity contribution in [2.75, 3.05) is 0 Å². The van der Waals surface area contributed by atoms with Crippen molar-refractivity contribution >= 4 is 7.54 Å². The van der Waals surface area contributed by atoms with E-state index in [-0.39, 0.29) is 27.1 Å². The Morgan fingerprint density at radius 1 is 0.789 bits per heavy atom. The zero-order chi connectivity index (χ0) is 27.6. The average Bonchev–Trinajstić information content (AvgIpc) is 3.27. The first-order valence-electron chi connectivity index (χ1n) is 12.4. The monoisotopic (exact) mass is 713 g/mol. The molecule has 0 fully saturated rings. The first kappa shape index (κ1) is 37.8. The van der Waals surface area contributed by atoms with Gasteiger partial charge in [0.05, 0.1) is 17.4 Å². The van der Waals surface area contributed by atoms with Gasteiger partial charge in [0.15, 0.2) is 0 Å². The maximum atomic E-state index is 9.67. The van der Waals surface area contributed by atoms with Crippen LogP contribution in [0.4, 0.5) is 12.9 Å². The van der Waals surface area contributed by atoms with Crippen molar-refractivity contribution in [3.05, 3.63) is 77.4 Å². The number of rotatable bonds is 6. The molecule has 0 saturated heterocycles. The van der Waals surface area contributed by atoms with Crippen molar-refractivity contribution in [2.24, 2.45) is 0 Å². The van der Waals surface area contributed by atoms with E-state index in [1.54, 1.807) is 6.07 Å². The second kappa shape index (κ2) is 18.0. The Bertz CT molecular complexity index is 1010. The molecule has 0 aliphatic heterocycles. The van der Waals surface area contributed by atoms with Gasteiger partial charge in [-0.3, -0.25) is 22.1 Å². The molecule has 0 atom stereocenters. The molecule has 0 bridgehead atoms. The summed E-state index contributed by atoms with van der Waals surface area (Å²) in [5, 5.41) is 7.32. The van der Waals surface area contributed by atoms with Crippen molar-refractivity contribution in [2.45, 2.75) is 86.0 Å². The fourth-order valence-corrected chi connectivity index (χ4v) is 4.14. The van der Waals surface area contributed by atoms with Crippen molar-refractivity contribution in [1.29, 1.82) is 5.26 Å². The van der Waals surface area contributed by atoms with Crippen LogP contribution in [0.2, 0.25) is 0 Å². The molecule has 0 aliphatic rings. The molecule has 0 spiro atoms. The number of para-hydroxylation sites is 2. The molecular formula is C29H39AuBF4N3. The Morgan fingerprint density at radius 2 is 1.11 bits per heavy atom. The van der Waals surface area contributed by atoms with Crippen LogP contribution in [0.5, 0.6) is 0 Å². The van der Waals surface area contributed by atoms with E-state index < -0.39 is 7.54 Å². The molecule has 1 aromatic heterocycles. The molecule has 3 aromatic rings. The van der Waals surface area contributed by atoms with Crippen molar-refractivity contribution < 1.29 is 44.6 Å². The molecule has 0 saturated carbocycles. The number of benzene rings is 2. The van der Waals surface area contributed by atoms with E-state index in [1.807, 2.05) is 0 Å². The minimum atomic E-state index is -3.67. The van der Waals surface area contributed by atoms with E-state index in [1.165, 1.54) is 40.6 Å². The Balaban J connectivity index is 0. The van der Waals surface area contributed by atoms with Crippen molar-refractivity contribution in [1.82, 2.24) is 4.57 Å². The quantitative estimate of drug-likeness (QED) is 0.145. The molecule has 3 rings (SSSR count). The number of aromatic nitrogens is 2. The molecular weight excluding hydrogens is 674 g/mol. The molecule has 0 N–H and O–H groups in total. The summed E-state index contributed by atoms with van der Waals surface area (Å²) in [6.07, 6.45) is 7.98. The van der Waals surface area contributed by atoms with Crippen LogP contribution in [-0.2, 0) is 22.4 Å². The third kappa shape index (κ3) is 10.4. The fraction of sp³-hybridized carbons (Fsp3) is 0.448. The number of hydrogen-bond acceptors (Lipinski definition) is 1. The Labute approximate surface area is 242 Å². The van der Waals surface area contributed by atoms with Gasteiger partial charge in [-0.25, -0.2) is 0 Å². The van der Waals surface area contributed by atoms with E-state index in [9.17, 15) is 12.9 Å². The van der Waals surface area contributed by atoms with Crippen LogP contribution in [0, 0.1) is 17.7 Å². The van der Waals surface area contributed by atoms with E-state index >= 15 is 0 Å². The SMILES string of the molecule is CC#N.CC(C)c1cccc(C(C)C)c1-n1[c-][n+](-c2c(C(C)C)cccc2C(C)C)cc1.FB(F)F.[Au+].[F-]. The van der Waals surface area contributed by atoms with Gasteiger partial charge in [-0.2, -0.15) is 5.26 Å². The van der Waals surface area contributed by atoms with Crippen molar-refractivity contribution in [3.63, 3.8) is 0 Å². The predicted molar refractivity (Wildman–Crippen MR) is 143 cm³/mol. The predicted octanol–water partition coefficient (Wildman–Crippen LogP) is 5.46. The maximum Gasteiger partial charge on any atom is 1.00 e. The summed E-state index contributed by atoms with van der Waals surface area (Å²) in [4.78, 5) is 0. The fourth-order valence-electron chi connectivity index (χ4n) is 4.14. The van der Waals surface area contributed by atoms with Gasteiger partial charge in [0.1, 0.15) is 0 Å². The van der Waals surface area contributed by atoms with E-state index in [0.717, 1.165) is 0 Å². The molecule has 0 unspecified atom stereocenters. The molecule has 0 amide bonds. The van der Waals surface area contributed by atoms with Gasteiger partial charge in [0, 0.05) is 19.3 Å². The third-order valence-corrected chi connectivity index (χ3v) is 5.75. The second-order valence-corrected chi connectivity index (χ2v) is 9.80. The van der Waals surface area contributed by atoms with Crippen LogP contribution in [-0.4, -0.2) is 12.1 Å². The number of nitriles is 1. The topological polar surface area (TPSA) is 32.6 Å². The standard InChI is InChI=1S/C27H36N2.C2H3N.Au.BF3.FH/c1-18(2)22-11-9-12-23(19(3)4)26(22)28-15-16-29(17-28)27-24(20(5)6)13-10-14-25(27)21(7)8;1-2-3;;2-1(3)4;/h9-16,18-21H,1-8H3;1H3;;;1H/q;;+1;;/p-1. The summed E-state index contributed by atoms with van der Waals surface area (Å²) in [6, 6.07) is 15.2. The van der Waals surface area contributed by atoms with Crippen LogP contribution >= 0.6 is 0 Å². The molecule has 9 heteroatoms. The number of halogens is 4. The third-order valence-electron chi connectivity index (χ3n) is 5.75. The van der Waals surface area contributed by atoms with Gasteiger partial charge in [-0.15, -0.1) is 0 Å². The van der Waals surface area contributed by atoms with Crippen LogP contribution in [0.25, 0.3) is 11.4 Å². The van der Waals surface area contributed by atoms with Gasteiger partial charge in [0.25, 0.3) is 6.33 Å². The van der Waals surface area contributed by atoms with Crippen LogP contribution in [0.3, 0.4) is 0 Å². The number of hydrogen-bond donors (Lipinski definition) is 0.